The van der Waals surface area contributed by atoms with E-state index in [-0.39, 0.29) is 0 Å². The van der Waals surface area contributed by atoms with Crippen LogP contribution in [0.5, 0.6) is 0 Å². The third-order valence-electron chi connectivity index (χ3n) is 3.95. The van der Waals surface area contributed by atoms with Crippen LogP contribution in [0.15, 0.2) is 24.3 Å². The van der Waals surface area contributed by atoms with E-state index in [4.69, 9.17) is 0 Å². The topological polar surface area (TPSA) is 0 Å². The van der Waals surface area contributed by atoms with Gasteiger partial charge in [0.25, 0.3) is 0 Å². The van der Waals surface area contributed by atoms with Crippen LogP contribution in [0.25, 0.3) is 0 Å². The quantitative estimate of drug-likeness (QED) is 0.674. The SMILES string of the molecule is CCC(C)CC1CCc2ccccc2C1Br. The molecule has 0 radical (unpaired) electrons. The van der Waals surface area contributed by atoms with Gasteiger partial charge in [0.05, 0.1) is 0 Å². The van der Waals surface area contributed by atoms with Gasteiger partial charge in [-0.2, -0.15) is 0 Å². The Morgan fingerprint density at radius 3 is 2.88 bits per heavy atom. The van der Waals surface area contributed by atoms with Crippen molar-refractivity contribution in [3.8, 4) is 0 Å². The van der Waals surface area contributed by atoms with Crippen LogP contribution in [0.4, 0.5) is 0 Å². The smallest absolute Gasteiger partial charge is 0.0426 e. The maximum Gasteiger partial charge on any atom is 0.0426 e. The number of hydrogen-bond donors (Lipinski definition) is 0. The Bertz CT molecular complexity index is 345. The highest BCUT2D eigenvalue weighted by molar-refractivity contribution is 9.09. The maximum atomic E-state index is 3.91. The highest BCUT2D eigenvalue weighted by Crippen LogP contribution is 2.43. The van der Waals surface area contributed by atoms with Gasteiger partial charge in [0.1, 0.15) is 0 Å². The van der Waals surface area contributed by atoms with Gasteiger partial charge in [-0.25, -0.2) is 0 Å². The second-order valence-corrected chi connectivity index (χ2v) is 6.13. The van der Waals surface area contributed by atoms with E-state index in [1.165, 1.54) is 31.2 Å². The lowest BCUT2D eigenvalue weighted by Crippen LogP contribution is -2.18. The predicted octanol–water partition coefficient (Wildman–Crippen LogP) is 5.12. The molecule has 3 atom stereocenters. The number of rotatable bonds is 3. The molecule has 0 amide bonds. The van der Waals surface area contributed by atoms with Crippen LogP contribution < -0.4 is 0 Å². The largest absolute Gasteiger partial charge is 0.0836 e. The molecule has 0 N–H and O–H groups in total. The van der Waals surface area contributed by atoms with Gasteiger partial charge in [-0.15, -0.1) is 0 Å². The molecule has 0 heterocycles. The minimum Gasteiger partial charge on any atom is -0.0836 e. The molecule has 3 unspecified atom stereocenters. The summed E-state index contributed by atoms with van der Waals surface area (Å²) in [5.74, 6) is 1.68. The number of hydrogen-bond acceptors (Lipinski definition) is 0. The zero-order valence-corrected chi connectivity index (χ0v) is 11.8. The third kappa shape index (κ3) is 2.51. The summed E-state index contributed by atoms with van der Waals surface area (Å²) in [6, 6.07) is 8.90. The maximum absolute atomic E-state index is 3.91. The van der Waals surface area contributed by atoms with E-state index in [9.17, 15) is 0 Å². The zero-order valence-electron chi connectivity index (χ0n) is 10.2. The Kier molecular flexibility index (Phi) is 4.07. The van der Waals surface area contributed by atoms with Crippen molar-refractivity contribution in [2.75, 3.05) is 0 Å². The third-order valence-corrected chi connectivity index (χ3v) is 5.19. The molecule has 0 spiro atoms. The van der Waals surface area contributed by atoms with Crippen molar-refractivity contribution in [2.24, 2.45) is 11.8 Å². The van der Waals surface area contributed by atoms with Crippen LogP contribution in [-0.2, 0) is 6.42 Å². The summed E-state index contributed by atoms with van der Waals surface area (Å²) in [6.07, 6.45) is 5.27. The molecule has 88 valence electrons. The van der Waals surface area contributed by atoms with Gasteiger partial charge in [0, 0.05) is 4.83 Å². The Morgan fingerprint density at radius 2 is 2.12 bits per heavy atom. The van der Waals surface area contributed by atoms with Crippen LogP contribution in [0, 0.1) is 11.8 Å². The van der Waals surface area contributed by atoms with Gasteiger partial charge < -0.3 is 0 Å². The lowest BCUT2D eigenvalue weighted by atomic mass is 9.79. The van der Waals surface area contributed by atoms with Gasteiger partial charge in [0.15, 0.2) is 0 Å². The molecular weight excluding hydrogens is 260 g/mol. The van der Waals surface area contributed by atoms with Crippen LogP contribution in [0.1, 0.15) is 49.1 Å². The Morgan fingerprint density at radius 1 is 1.38 bits per heavy atom. The molecule has 2 rings (SSSR count). The lowest BCUT2D eigenvalue weighted by molar-refractivity contribution is 0.347. The second-order valence-electron chi connectivity index (χ2n) is 5.15. The van der Waals surface area contributed by atoms with Crippen molar-refractivity contribution >= 4 is 15.9 Å². The van der Waals surface area contributed by atoms with E-state index >= 15 is 0 Å². The molecule has 1 aromatic carbocycles. The number of fused-ring (bicyclic) bond motifs is 1. The summed E-state index contributed by atoms with van der Waals surface area (Å²) >= 11 is 3.91. The number of alkyl halides is 1. The lowest BCUT2D eigenvalue weighted by Gasteiger charge is -2.31. The van der Waals surface area contributed by atoms with Crippen LogP contribution in [-0.4, -0.2) is 0 Å². The van der Waals surface area contributed by atoms with Gasteiger partial charge in [0.2, 0.25) is 0 Å². The molecule has 0 bridgehead atoms. The first-order chi connectivity index (χ1) is 7.72. The fraction of sp³-hybridized carbons (Fsp3) is 0.600. The summed E-state index contributed by atoms with van der Waals surface area (Å²) in [5.41, 5.74) is 3.08. The van der Waals surface area contributed by atoms with Gasteiger partial charge >= 0.3 is 0 Å². The van der Waals surface area contributed by atoms with Crippen LogP contribution >= 0.6 is 15.9 Å². The van der Waals surface area contributed by atoms with E-state index in [1.54, 1.807) is 5.56 Å². The van der Waals surface area contributed by atoms with Crippen LogP contribution in [0.2, 0.25) is 0 Å². The number of aryl methyl sites for hydroxylation is 1. The van der Waals surface area contributed by atoms with E-state index in [0.717, 1.165) is 11.8 Å². The predicted molar refractivity (Wildman–Crippen MR) is 74.0 cm³/mol. The first kappa shape index (κ1) is 12.2. The Balaban J connectivity index is 2.12. The van der Waals surface area contributed by atoms with E-state index in [0.29, 0.717) is 4.83 Å². The average molecular weight is 281 g/mol. The molecule has 0 aromatic heterocycles. The minimum absolute atomic E-state index is 0.575. The normalized spacial score (nSPS) is 26.2. The highest BCUT2D eigenvalue weighted by atomic mass is 79.9. The van der Waals surface area contributed by atoms with Gasteiger partial charge in [-0.1, -0.05) is 60.5 Å². The summed E-state index contributed by atoms with van der Waals surface area (Å²) in [5, 5.41) is 0. The first-order valence-electron chi connectivity index (χ1n) is 6.44. The molecule has 1 heteroatoms. The van der Waals surface area contributed by atoms with E-state index < -0.39 is 0 Å². The summed E-state index contributed by atoms with van der Waals surface area (Å²) in [7, 11) is 0. The van der Waals surface area contributed by atoms with Crippen molar-refractivity contribution in [1.82, 2.24) is 0 Å². The first-order valence-corrected chi connectivity index (χ1v) is 7.35. The molecular formula is C15H21Br. The molecule has 1 aliphatic carbocycles. The fourth-order valence-corrected chi connectivity index (χ4v) is 3.62. The van der Waals surface area contributed by atoms with Crippen molar-refractivity contribution in [3.05, 3.63) is 35.4 Å². The summed E-state index contributed by atoms with van der Waals surface area (Å²) in [6.45, 7) is 4.67. The molecule has 0 aliphatic heterocycles. The second kappa shape index (κ2) is 5.35. The highest BCUT2D eigenvalue weighted by Gasteiger charge is 2.27. The summed E-state index contributed by atoms with van der Waals surface area (Å²) in [4.78, 5) is 0.575. The Labute approximate surface area is 108 Å². The molecule has 0 fully saturated rings. The van der Waals surface area contributed by atoms with Crippen molar-refractivity contribution in [1.29, 1.82) is 0 Å². The van der Waals surface area contributed by atoms with E-state index in [2.05, 4.69) is 54.0 Å². The molecule has 16 heavy (non-hydrogen) atoms. The monoisotopic (exact) mass is 280 g/mol. The van der Waals surface area contributed by atoms with Crippen LogP contribution in [0.3, 0.4) is 0 Å². The fourth-order valence-electron chi connectivity index (χ4n) is 2.69. The molecule has 0 saturated carbocycles. The van der Waals surface area contributed by atoms with Gasteiger partial charge in [-0.05, 0) is 42.2 Å². The van der Waals surface area contributed by atoms with Crippen molar-refractivity contribution in [3.63, 3.8) is 0 Å². The Hall–Kier alpha value is -0.300. The molecule has 0 saturated heterocycles. The van der Waals surface area contributed by atoms with Gasteiger partial charge in [-0.3, -0.25) is 0 Å². The molecule has 1 aromatic rings. The standard InChI is InChI=1S/C15H21Br/c1-3-11(2)10-13-9-8-12-6-4-5-7-14(12)15(13)16/h4-7,11,13,15H,3,8-10H2,1-2H3. The molecule has 0 nitrogen and oxygen atoms in total. The zero-order chi connectivity index (χ0) is 11.5. The minimum atomic E-state index is 0.575. The summed E-state index contributed by atoms with van der Waals surface area (Å²) < 4.78 is 0. The molecule has 1 aliphatic rings. The number of benzene rings is 1. The van der Waals surface area contributed by atoms with E-state index in [1.807, 2.05) is 0 Å². The average Bonchev–Trinajstić information content (AvgIpc) is 2.33. The number of halogens is 1. The van der Waals surface area contributed by atoms with Crippen molar-refractivity contribution < 1.29 is 0 Å². The van der Waals surface area contributed by atoms with Crippen molar-refractivity contribution in [2.45, 2.75) is 44.4 Å².